The second-order valence-electron chi connectivity index (χ2n) is 4.47. The molecular formula is C12H21N3OS. The van der Waals surface area contributed by atoms with Crippen LogP contribution in [0.5, 0.6) is 0 Å². The van der Waals surface area contributed by atoms with E-state index in [0.717, 1.165) is 30.9 Å². The minimum absolute atomic E-state index is 0.718. The monoisotopic (exact) mass is 255 g/mol. The van der Waals surface area contributed by atoms with Gasteiger partial charge in [-0.2, -0.15) is 0 Å². The predicted octanol–water partition coefficient (Wildman–Crippen LogP) is 1.87. The molecule has 1 fully saturated rings. The van der Waals surface area contributed by atoms with Gasteiger partial charge in [0.25, 0.3) is 0 Å². The summed E-state index contributed by atoms with van der Waals surface area (Å²) in [5, 5.41) is 4.49. The molecule has 1 saturated carbocycles. The molecule has 1 aliphatic rings. The van der Waals surface area contributed by atoms with Gasteiger partial charge in [-0.25, -0.2) is 4.98 Å². The largest absolute Gasteiger partial charge is 0.383 e. The zero-order chi connectivity index (χ0) is 12.1. The van der Waals surface area contributed by atoms with E-state index in [2.05, 4.69) is 22.2 Å². The molecule has 0 spiro atoms. The van der Waals surface area contributed by atoms with Crippen LogP contribution in [0.1, 0.15) is 24.1 Å². The van der Waals surface area contributed by atoms with E-state index in [1.54, 1.807) is 18.4 Å². The molecule has 17 heavy (non-hydrogen) atoms. The first-order chi connectivity index (χ1) is 8.31. The standard InChI is InChI=1S/C12H21N3OS/c1-15(10-4-3-5-10)12-14-9-11(17-12)8-13-6-7-16-2/h9-10,13H,3-8H2,1-2H3. The number of rotatable bonds is 7. The van der Waals surface area contributed by atoms with Crippen LogP contribution in [0.4, 0.5) is 5.13 Å². The van der Waals surface area contributed by atoms with E-state index in [0.29, 0.717) is 0 Å². The van der Waals surface area contributed by atoms with Gasteiger partial charge in [-0.05, 0) is 19.3 Å². The summed E-state index contributed by atoms with van der Waals surface area (Å²) in [4.78, 5) is 8.11. The van der Waals surface area contributed by atoms with Gasteiger partial charge in [0.15, 0.2) is 5.13 Å². The Kier molecular flexibility index (Phi) is 4.76. The molecule has 1 heterocycles. The van der Waals surface area contributed by atoms with Crippen molar-refractivity contribution in [3.05, 3.63) is 11.1 Å². The van der Waals surface area contributed by atoms with Gasteiger partial charge in [0.05, 0.1) is 6.61 Å². The first kappa shape index (κ1) is 12.8. The Balaban J connectivity index is 1.78. The van der Waals surface area contributed by atoms with Crippen molar-refractivity contribution >= 4 is 16.5 Å². The van der Waals surface area contributed by atoms with Gasteiger partial charge in [-0.3, -0.25) is 0 Å². The minimum atomic E-state index is 0.718. The van der Waals surface area contributed by atoms with Gasteiger partial charge in [0, 0.05) is 44.4 Å². The molecule has 0 amide bonds. The van der Waals surface area contributed by atoms with Crippen molar-refractivity contribution in [2.24, 2.45) is 0 Å². The van der Waals surface area contributed by atoms with Crippen molar-refractivity contribution in [1.29, 1.82) is 0 Å². The highest BCUT2D eigenvalue weighted by atomic mass is 32.1. The molecule has 4 nitrogen and oxygen atoms in total. The fraction of sp³-hybridized carbons (Fsp3) is 0.750. The van der Waals surface area contributed by atoms with Gasteiger partial charge in [0.1, 0.15) is 0 Å². The molecule has 1 aromatic rings. The zero-order valence-electron chi connectivity index (χ0n) is 10.6. The SMILES string of the molecule is COCCNCc1cnc(N(C)C2CCC2)s1. The normalized spacial score (nSPS) is 15.9. The Morgan fingerprint density at radius 2 is 2.41 bits per heavy atom. The number of thiazole rings is 1. The fourth-order valence-corrected chi connectivity index (χ4v) is 2.77. The van der Waals surface area contributed by atoms with E-state index < -0.39 is 0 Å². The van der Waals surface area contributed by atoms with Crippen molar-refractivity contribution in [3.8, 4) is 0 Å². The van der Waals surface area contributed by atoms with Crippen LogP contribution in [0.2, 0.25) is 0 Å². The maximum absolute atomic E-state index is 4.99. The van der Waals surface area contributed by atoms with E-state index in [9.17, 15) is 0 Å². The maximum Gasteiger partial charge on any atom is 0.185 e. The number of hydrogen-bond acceptors (Lipinski definition) is 5. The third-order valence-electron chi connectivity index (χ3n) is 3.25. The number of methoxy groups -OCH3 is 1. The number of nitrogens with zero attached hydrogens (tertiary/aromatic N) is 2. The van der Waals surface area contributed by atoms with Crippen LogP contribution in [-0.2, 0) is 11.3 Å². The molecule has 2 rings (SSSR count). The highest BCUT2D eigenvalue weighted by Gasteiger charge is 2.23. The van der Waals surface area contributed by atoms with Crippen LogP contribution >= 0.6 is 11.3 Å². The Morgan fingerprint density at radius 1 is 1.59 bits per heavy atom. The fourth-order valence-electron chi connectivity index (χ4n) is 1.86. The smallest absolute Gasteiger partial charge is 0.185 e. The number of nitrogens with one attached hydrogen (secondary N) is 1. The summed E-state index contributed by atoms with van der Waals surface area (Å²) in [5.41, 5.74) is 0. The van der Waals surface area contributed by atoms with E-state index in [-0.39, 0.29) is 0 Å². The molecule has 0 aliphatic heterocycles. The Morgan fingerprint density at radius 3 is 3.06 bits per heavy atom. The average Bonchev–Trinajstić information content (AvgIpc) is 2.70. The average molecular weight is 255 g/mol. The van der Waals surface area contributed by atoms with Crippen molar-refractivity contribution < 1.29 is 4.74 Å². The molecule has 0 saturated heterocycles. The van der Waals surface area contributed by atoms with E-state index in [1.807, 2.05) is 6.20 Å². The summed E-state index contributed by atoms with van der Waals surface area (Å²) in [6, 6.07) is 0.718. The summed E-state index contributed by atoms with van der Waals surface area (Å²) in [7, 11) is 3.88. The lowest BCUT2D eigenvalue weighted by Gasteiger charge is -2.34. The lowest BCUT2D eigenvalue weighted by Crippen LogP contribution is -2.36. The van der Waals surface area contributed by atoms with E-state index in [1.165, 1.54) is 24.1 Å². The molecule has 0 radical (unpaired) electrons. The molecule has 0 aromatic carbocycles. The molecule has 1 aromatic heterocycles. The van der Waals surface area contributed by atoms with Crippen LogP contribution in [0, 0.1) is 0 Å². The third kappa shape index (κ3) is 3.40. The quantitative estimate of drug-likeness (QED) is 0.755. The Labute approximate surface area is 107 Å². The third-order valence-corrected chi connectivity index (χ3v) is 4.34. The van der Waals surface area contributed by atoms with Crippen LogP contribution in [0.25, 0.3) is 0 Å². The Bertz CT molecular complexity index is 338. The molecule has 96 valence electrons. The van der Waals surface area contributed by atoms with Crippen LogP contribution < -0.4 is 10.2 Å². The number of hydrogen-bond donors (Lipinski definition) is 1. The number of ether oxygens (including phenoxy) is 1. The number of aromatic nitrogens is 1. The van der Waals surface area contributed by atoms with Crippen molar-refractivity contribution in [1.82, 2.24) is 10.3 Å². The maximum atomic E-state index is 4.99. The van der Waals surface area contributed by atoms with Gasteiger partial charge in [-0.1, -0.05) is 0 Å². The lowest BCUT2D eigenvalue weighted by atomic mass is 9.92. The van der Waals surface area contributed by atoms with Gasteiger partial charge in [0.2, 0.25) is 0 Å². The van der Waals surface area contributed by atoms with Crippen LogP contribution in [0.15, 0.2) is 6.20 Å². The molecule has 1 aliphatic carbocycles. The second-order valence-corrected chi connectivity index (χ2v) is 5.57. The van der Waals surface area contributed by atoms with Gasteiger partial charge >= 0.3 is 0 Å². The highest BCUT2D eigenvalue weighted by molar-refractivity contribution is 7.15. The first-order valence-electron chi connectivity index (χ1n) is 6.18. The summed E-state index contributed by atoms with van der Waals surface area (Å²) >= 11 is 1.79. The zero-order valence-corrected chi connectivity index (χ0v) is 11.4. The summed E-state index contributed by atoms with van der Waals surface area (Å²) in [6.45, 7) is 2.54. The predicted molar refractivity (Wildman–Crippen MR) is 71.7 cm³/mol. The van der Waals surface area contributed by atoms with Crippen LogP contribution in [0.3, 0.4) is 0 Å². The second kappa shape index (κ2) is 6.33. The number of anilines is 1. The molecular weight excluding hydrogens is 234 g/mol. The summed E-state index contributed by atoms with van der Waals surface area (Å²) in [6.07, 6.45) is 5.98. The van der Waals surface area contributed by atoms with Crippen molar-refractivity contribution in [2.45, 2.75) is 31.8 Å². The molecule has 0 unspecified atom stereocenters. The molecule has 0 atom stereocenters. The first-order valence-corrected chi connectivity index (χ1v) is 7.00. The molecule has 1 N–H and O–H groups in total. The molecule has 5 heteroatoms. The topological polar surface area (TPSA) is 37.4 Å². The highest BCUT2D eigenvalue weighted by Crippen LogP contribution is 2.30. The lowest BCUT2D eigenvalue weighted by molar-refractivity contribution is 0.199. The van der Waals surface area contributed by atoms with Crippen LogP contribution in [-0.4, -0.2) is 38.3 Å². The van der Waals surface area contributed by atoms with Crippen molar-refractivity contribution in [3.63, 3.8) is 0 Å². The summed E-state index contributed by atoms with van der Waals surface area (Å²) < 4.78 is 4.99. The van der Waals surface area contributed by atoms with E-state index >= 15 is 0 Å². The van der Waals surface area contributed by atoms with Gasteiger partial charge < -0.3 is 15.0 Å². The van der Waals surface area contributed by atoms with Crippen molar-refractivity contribution in [2.75, 3.05) is 32.2 Å². The summed E-state index contributed by atoms with van der Waals surface area (Å²) in [5.74, 6) is 0. The Hall–Kier alpha value is -0.650. The van der Waals surface area contributed by atoms with Gasteiger partial charge in [-0.15, -0.1) is 11.3 Å². The molecule has 0 bridgehead atoms. The van der Waals surface area contributed by atoms with E-state index in [4.69, 9.17) is 4.74 Å². The minimum Gasteiger partial charge on any atom is -0.383 e.